The number of hydrogen-bond donors (Lipinski definition) is 3. The van der Waals surface area contributed by atoms with Gasteiger partial charge in [0.15, 0.2) is 5.96 Å². The number of aliphatic hydroxyl groups excluding tert-OH is 1. The summed E-state index contributed by atoms with van der Waals surface area (Å²) in [5.74, 6) is 1.93. The Kier molecular flexibility index (Phi) is 11.2. The van der Waals surface area contributed by atoms with Crippen molar-refractivity contribution >= 4 is 16.8 Å². The molecule has 0 fully saturated rings. The van der Waals surface area contributed by atoms with Gasteiger partial charge in [0, 0.05) is 48.5 Å². The molecule has 148 valence electrons. The summed E-state index contributed by atoms with van der Waals surface area (Å²) < 4.78 is 12.2. The minimum absolute atomic E-state index is 0.0488. The van der Waals surface area contributed by atoms with E-state index in [0.717, 1.165) is 37.3 Å². The van der Waals surface area contributed by atoms with Crippen molar-refractivity contribution in [1.82, 2.24) is 10.6 Å². The highest BCUT2D eigenvalue weighted by molar-refractivity contribution is 7.84. The lowest BCUT2D eigenvalue weighted by Crippen LogP contribution is -2.40. The van der Waals surface area contributed by atoms with Gasteiger partial charge in [-0.05, 0) is 37.2 Å². The maximum absolute atomic E-state index is 12.2. The van der Waals surface area contributed by atoms with E-state index in [1.807, 2.05) is 37.3 Å². The standard InChI is InChI=1S/C20H35N3O2S/c1-4-20(5-2,12-14-24)17-23-19(21-6-3)22-13-15-26(25)16-18-10-8-7-9-11-18/h7-11,24H,4-6,12-17H2,1-3H3,(H2,21,22,23). The van der Waals surface area contributed by atoms with Gasteiger partial charge >= 0.3 is 0 Å². The second-order valence-electron chi connectivity index (χ2n) is 6.58. The largest absolute Gasteiger partial charge is 0.396 e. The highest BCUT2D eigenvalue weighted by Gasteiger charge is 2.25. The van der Waals surface area contributed by atoms with Crippen LogP contribution < -0.4 is 10.6 Å². The third-order valence-corrected chi connectivity index (χ3v) is 6.17. The van der Waals surface area contributed by atoms with Gasteiger partial charge < -0.3 is 15.7 Å². The molecule has 0 amide bonds. The van der Waals surface area contributed by atoms with Gasteiger partial charge in [0.1, 0.15) is 0 Å². The molecule has 0 saturated carbocycles. The Hall–Kier alpha value is -1.40. The van der Waals surface area contributed by atoms with E-state index in [1.165, 1.54) is 0 Å². The summed E-state index contributed by atoms with van der Waals surface area (Å²) in [4.78, 5) is 4.71. The molecule has 6 heteroatoms. The summed E-state index contributed by atoms with van der Waals surface area (Å²) >= 11 is 0. The van der Waals surface area contributed by atoms with Crippen LogP contribution in [0.1, 0.15) is 45.6 Å². The highest BCUT2D eigenvalue weighted by Crippen LogP contribution is 2.30. The predicted octanol–water partition coefficient (Wildman–Crippen LogP) is 2.68. The Labute approximate surface area is 161 Å². The van der Waals surface area contributed by atoms with Crippen molar-refractivity contribution in [3.8, 4) is 0 Å². The van der Waals surface area contributed by atoms with E-state index in [9.17, 15) is 9.32 Å². The number of rotatable bonds is 12. The van der Waals surface area contributed by atoms with Gasteiger partial charge in [-0.1, -0.05) is 44.2 Å². The molecule has 0 aromatic heterocycles. The minimum Gasteiger partial charge on any atom is -0.396 e. The fourth-order valence-corrected chi connectivity index (χ4v) is 3.89. The van der Waals surface area contributed by atoms with Crippen molar-refractivity contribution in [2.45, 2.75) is 45.8 Å². The Morgan fingerprint density at radius 1 is 1.15 bits per heavy atom. The molecule has 1 atom stereocenters. The first kappa shape index (κ1) is 22.6. The molecular formula is C20H35N3O2S. The molecule has 1 aromatic carbocycles. The first-order valence-electron chi connectivity index (χ1n) is 9.61. The number of nitrogens with one attached hydrogen (secondary N) is 2. The second kappa shape index (κ2) is 12.9. The van der Waals surface area contributed by atoms with Crippen molar-refractivity contribution < 1.29 is 9.32 Å². The van der Waals surface area contributed by atoms with Crippen molar-refractivity contribution in [3.05, 3.63) is 35.9 Å². The number of aliphatic hydroxyl groups is 1. The zero-order chi connectivity index (χ0) is 19.3. The number of hydrogen-bond acceptors (Lipinski definition) is 3. The molecular weight excluding hydrogens is 346 g/mol. The smallest absolute Gasteiger partial charge is 0.191 e. The second-order valence-corrected chi connectivity index (χ2v) is 8.15. The van der Waals surface area contributed by atoms with Crippen LogP contribution in [0.4, 0.5) is 0 Å². The Morgan fingerprint density at radius 3 is 2.42 bits per heavy atom. The average molecular weight is 382 g/mol. The van der Waals surface area contributed by atoms with Crippen molar-refractivity contribution in [2.75, 3.05) is 32.0 Å². The van der Waals surface area contributed by atoms with Crippen molar-refractivity contribution in [2.24, 2.45) is 10.4 Å². The fourth-order valence-electron chi connectivity index (χ4n) is 2.85. The van der Waals surface area contributed by atoms with Crippen LogP contribution in [0.2, 0.25) is 0 Å². The van der Waals surface area contributed by atoms with Gasteiger partial charge in [0.2, 0.25) is 0 Å². The third kappa shape index (κ3) is 8.32. The Morgan fingerprint density at radius 2 is 1.85 bits per heavy atom. The molecule has 0 spiro atoms. The molecule has 1 rings (SSSR count). The molecule has 5 nitrogen and oxygen atoms in total. The molecule has 0 aliphatic rings. The summed E-state index contributed by atoms with van der Waals surface area (Å²) in [5.41, 5.74) is 1.15. The van der Waals surface area contributed by atoms with Gasteiger partial charge in [-0.3, -0.25) is 9.20 Å². The lowest BCUT2D eigenvalue weighted by atomic mass is 9.79. The van der Waals surface area contributed by atoms with E-state index in [-0.39, 0.29) is 12.0 Å². The zero-order valence-electron chi connectivity index (χ0n) is 16.5. The molecule has 0 saturated heterocycles. The van der Waals surface area contributed by atoms with Gasteiger partial charge in [-0.2, -0.15) is 0 Å². The van der Waals surface area contributed by atoms with Gasteiger partial charge in [0.05, 0.1) is 0 Å². The van der Waals surface area contributed by atoms with E-state index in [2.05, 4.69) is 24.5 Å². The topological polar surface area (TPSA) is 73.7 Å². The molecule has 0 aliphatic carbocycles. The van der Waals surface area contributed by atoms with Gasteiger partial charge in [-0.15, -0.1) is 0 Å². The van der Waals surface area contributed by atoms with Crippen LogP contribution >= 0.6 is 0 Å². The predicted molar refractivity (Wildman–Crippen MR) is 112 cm³/mol. The van der Waals surface area contributed by atoms with E-state index in [4.69, 9.17) is 4.99 Å². The first-order valence-corrected chi connectivity index (χ1v) is 11.1. The van der Waals surface area contributed by atoms with E-state index < -0.39 is 10.8 Å². The normalized spacial score (nSPS) is 13.5. The van der Waals surface area contributed by atoms with Crippen molar-refractivity contribution in [3.63, 3.8) is 0 Å². The fraction of sp³-hybridized carbons (Fsp3) is 0.650. The van der Waals surface area contributed by atoms with Gasteiger partial charge in [-0.25, -0.2) is 0 Å². The van der Waals surface area contributed by atoms with E-state index in [0.29, 0.717) is 24.6 Å². The monoisotopic (exact) mass is 381 g/mol. The number of aliphatic imine (C=N–C) groups is 1. The maximum atomic E-state index is 12.2. The molecule has 26 heavy (non-hydrogen) atoms. The molecule has 1 unspecified atom stereocenters. The summed E-state index contributed by atoms with van der Waals surface area (Å²) in [6, 6.07) is 9.93. The summed E-state index contributed by atoms with van der Waals surface area (Å²) in [7, 11) is -0.897. The first-order chi connectivity index (χ1) is 12.6. The number of benzene rings is 1. The van der Waals surface area contributed by atoms with Gasteiger partial charge in [0.25, 0.3) is 0 Å². The Bertz CT molecular complexity index is 545. The number of nitrogens with zero attached hydrogens (tertiary/aromatic N) is 1. The molecule has 3 N–H and O–H groups in total. The minimum atomic E-state index is -0.897. The summed E-state index contributed by atoms with van der Waals surface area (Å²) in [5, 5.41) is 15.9. The molecule has 0 aliphatic heterocycles. The van der Waals surface area contributed by atoms with Crippen LogP contribution in [-0.2, 0) is 16.6 Å². The SMILES string of the molecule is CCNC(=NCC(CC)(CC)CCO)NCCS(=O)Cc1ccccc1. The van der Waals surface area contributed by atoms with Crippen LogP contribution in [0.5, 0.6) is 0 Å². The molecule has 0 heterocycles. The third-order valence-electron chi connectivity index (χ3n) is 4.85. The Balaban J connectivity index is 2.52. The zero-order valence-corrected chi connectivity index (χ0v) is 17.3. The van der Waals surface area contributed by atoms with Crippen LogP contribution in [-0.4, -0.2) is 47.3 Å². The molecule has 0 bridgehead atoms. The van der Waals surface area contributed by atoms with E-state index >= 15 is 0 Å². The molecule has 0 radical (unpaired) electrons. The highest BCUT2D eigenvalue weighted by atomic mass is 32.2. The van der Waals surface area contributed by atoms with E-state index in [1.54, 1.807) is 0 Å². The lowest BCUT2D eigenvalue weighted by molar-refractivity contribution is 0.175. The number of guanidine groups is 1. The summed E-state index contributed by atoms with van der Waals surface area (Å²) in [6.07, 6.45) is 2.76. The maximum Gasteiger partial charge on any atom is 0.191 e. The van der Waals surface area contributed by atoms with Crippen LogP contribution in [0.3, 0.4) is 0 Å². The lowest BCUT2D eigenvalue weighted by Gasteiger charge is -2.29. The molecule has 1 aromatic rings. The van der Waals surface area contributed by atoms with Crippen molar-refractivity contribution in [1.29, 1.82) is 0 Å². The summed E-state index contributed by atoms with van der Waals surface area (Å²) in [6.45, 7) is 8.62. The van der Waals surface area contributed by atoms with Crippen LogP contribution in [0, 0.1) is 5.41 Å². The average Bonchev–Trinajstić information content (AvgIpc) is 2.66. The quantitative estimate of drug-likeness (QED) is 0.384. The van der Waals surface area contributed by atoms with Crippen LogP contribution in [0.25, 0.3) is 0 Å². The van der Waals surface area contributed by atoms with Crippen LogP contribution in [0.15, 0.2) is 35.3 Å².